The SMILES string of the molecule is CCNC.Cl.N=CN. The summed E-state index contributed by atoms with van der Waals surface area (Å²) in [6, 6.07) is 0. The highest BCUT2D eigenvalue weighted by Crippen LogP contribution is 1.34. The van der Waals surface area contributed by atoms with Crippen molar-refractivity contribution in [3.05, 3.63) is 0 Å². The number of nitrogens with two attached hydrogens (primary N) is 1. The van der Waals surface area contributed by atoms with Gasteiger partial charge in [-0.1, -0.05) is 6.92 Å². The first-order valence-corrected chi connectivity index (χ1v) is 2.18. The van der Waals surface area contributed by atoms with Crippen LogP contribution in [0.1, 0.15) is 6.92 Å². The maximum atomic E-state index is 5.86. The molecule has 4 heteroatoms. The standard InChI is InChI=1S/C3H9N.CH4N2.ClH/c1-3-4-2;2-1-3;/h4H,3H2,1-2H3;1H,(H3,2,3);1H. The van der Waals surface area contributed by atoms with Crippen molar-refractivity contribution in [3.8, 4) is 0 Å². The fourth-order valence-electron chi connectivity index (χ4n) is 0. The van der Waals surface area contributed by atoms with Crippen LogP contribution in [0.4, 0.5) is 0 Å². The minimum absolute atomic E-state index is 0. The van der Waals surface area contributed by atoms with E-state index in [0.29, 0.717) is 0 Å². The van der Waals surface area contributed by atoms with Crippen molar-refractivity contribution in [2.24, 2.45) is 5.73 Å². The van der Waals surface area contributed by atoms with Crippen LogP contribution in [-0.4, -0.2) is 19.9 Å². The second-order valence-electron chi connectivity index (χ2n) is 0.874. The molecule has 0 aromatic rings. The Balaban J connectivity index is -0.0000000575. The van der Waals surface area contributed by atoms with Crippen LogP contribution in [0.15, 0.2) is 0 Å². The molecule has 0 rings (SSSR count). The summed E-state index contributed by atoms with van der Waals surface area (Å²) >= 11 is 0. The molecule has 0 bridgehead atoms. The summed E-state index contributed by atoms with van der Waals surface area (Å²) in [5.41, 5.74) is 4.39. The van der Waals surface area contributed by atoms with Gasteiger partial charge in [0.25, 0.3) is 0 Å². The summed E-state index contributed by atoms with van der Waals surface area (Å²) in [5, 5.41) is 8.79. The predicted molar refractivity (Wildman–Crippen MR) is 39.8 cm³/mol. The van der Waals surface area contributed by atoms with Gasteiger partial charge < -0.3 is 11.1 Å². The monoisotopic (exact) mass is 139 g/mol. The minimum Gasteiger partial charge on any atom is -0.390 e. The van der Waals surface area contributed by atoms with Crippen molar-refractivity contribution >= 4 is 18.7 Å². The molecule has 52 valence electrons. The zero-order valence-electron chi connectivity index (χ0n) is 5.27. The lowest BCUT2D eigenvalue weighted by atomic mass is 10.8. The molecule has 0 radical (unpaired) electrons. The number of hydrogen-bond donors (Lipinski definition) is 3. The van der Waals surface area contributed by atoms with Gasteiger partial charge in [-0.25, -0.2) is 0 Å². The number of hydrogen-bond acceptors (Lipinski definition) is 2. The fraction of sp³-hybridized carbons (Fsp3) is 0.750. The van der Waals surface area contributed by atoms with E-state index < -0.39 is 0 Å². The molecule has 0 fully saturated rings. The third kappa shape index (κ3) is 246. The maximum Gasteiger partial charge on any atom is 0.0765 e. The largest absolute Gasteiger partial charge is 0.390 e. The van der Waals surface area contributed by atoms with Crippen LogP contribution in [0.2, 0.25) is 0 Å². The number of nitrogens with one attached hydrogen (secondary N) is 2. The summed E-state index contributed by atoms with van der Waals surface area (Å²) in [5.74, 6) is 0. The topological polar surface area (TPSA) is 61.9 Å². The van der Waals surface area contributed by atoms with Crippen LogP contribution >= 0.6 is 12.4 Å². The molecule has 4 N–H and O–H groups in total. The molecule has 0 aliphatic carbocycles. The molecule has 0 spiro atoms. The third-order valence-corrected chi connectivity index (χ3v) is 0.354. The Kier molecular flexibility index (Phi) is 58.1. The molecule has 0 amide bonds. The highest BCUT2D eigenvalue weighted by molar-refractivity contribution is 5.85. The zero-order chi connectivity index (χ0) is 6.12. The van der Waals surface area contributed by atoms with Crippen molar-refractivity contribution in [2.45, 2.75) is 6.92 Å². The van der Waals surface area contributed by atoms with Crippen molar-refractivity contribution in [3.63, 3.8) is 0 Å². The first-order chi connectivity index (χ1) is 3.33. The summed E-state index contributed by atoms with van der Waals surface area (Å²) in [6.45, 7) is 3.14. The molecule has 0 saturated heterocycles. The van der Waals surface area contributed by atoms with Gasteiger partial charge in [0, 0.05) is 0 Å². The average Bonchev–Trinajstić information content (AvgIpc) is 1.69. The molecule has 0 aliphatic heterocycles. The minimum atomic E-state index is 0. The third-order valence-electron chi connectivity index (χ3n) is 0.354. The Hall–Kier alpha value is -0.280. The number of halogens is 1. The highest BCUT2D eigenvalue weighted by atomic mass is 35.5. The van der Waals surface area contributed by atoms with Crippen LogP contribution in [0.25, 0.3) is 0 Å². The Morgan fingerprint density at radius 1 is 1.75 bits per heavy atom. The van der Waals surface area contributed by atoms with E-state index in [2.05, 4.69) is 18.0 Å². The van der Waals surface area contributed by atoms with E-state index in [1.807, 2.05) is 7.05 Å². The summed E-state index contributed by atoms with van der Waals surface area (Å²) < 4.78 is 0. The second kappa shape index (κ2) is 29.7. The van der Waals surface area contributed by atoms with Crippen molar-refractivity contribution in [1.82, 2.24) is 5.32 Å². The maximum absolute atomic E-state index is 5.86. The van der Waals surface area contributed by atoms with E-state index in [1.165, 1.54) is 0 Å². The first-order valence-electron chi connectivity index (χ1n) is 2.18. The molecule has 0 aromatic heterocycles. The summed E-state index contributed by atoms with van der Waals surface area (Å²) in [7, 11) is 1.93. The fourth-order valence-corrected chi connectivity index (χ4v) is 0. The molecule has 0 saturated carbocycles. The Labute approximate surface area is 56.6 Å². The Morgan fingerprint density at radius 2 is 1.88 bits per heavy atom. The van der Waals surface area contributed by atoms with E-state index >= 15 is 0 Å². The molecule has 0 unspecified atom stereocenters. The Bertz CT molecular complexity index is 30.5. The molecule has 0 heterocycles. The predicted octanol–water partition coefficient (Wildman–Crippen LogP) is 0.200. The van der Waals surface area contributed by atoms with Crippen LogP contribution in [-0.2, 0) is 0 Å². The van der Waals surface area contributed by atoms with E-state index in [1.54, 1.807) is 0 Å². The van der Waals surface area contributed by atoms with Gasteiger partial charge in [-0.2, -0.15) is 0 Å². The molecule has 0 aliphatic rings. The summed E-state index contributed by atoms with van der Waals surface area (Å²) in [6.07, 6.45) is 0.750. The zero-order valence-corrected chi connectivity index (χ0v) is 6.09. The van der Waals surface area contributed by atoms with Gasteiger partial charge in [-0.3, -0.25) is 5.41 Å². The van der Waals surface area contributed by atoms with Crippen LogP contribution in [0, 0.1) is 5.41 Å². The highest BCUT2D eigenvalue weighted by Gasteiger charge is 1.50. The van der Waals surface area contributed by atoms with E-state index in [4.69, 9.17) is 5.41 Å². The van der Waals surface area contributed by atoms with Crippen molar-refractivity contribution in [1.29, 1.82) is 5.41 Å². The Morgan fingerprint density at radius 3 is 1.88 bits per heavy atom. The lowest BCUT2D eigenvalue weighted by molar-refractivity contribution is 0.864. The first kappa shape index (κ1) is 15.6. The summed E-state index contributed by atoms with van der Waals surface area (Å²) in [4.78, 5) is 0. The van der Waals surface area contributed by atoms with Crippen molar-refractivity contribution in [2.75, 3.05) is 13.6 Å². The normalized spacial score (nSPS) is 5.25. The molecule has 8 heavy (non-hydrogen) atoms. The van der Waals surface area contributed by atoms with Gasteiger partial charge in [-0.05, 0) is 13.6 Å². The smallest absolute Gasteiger partial charge is 0.0765 e. The van der Waals surface area contributed by atoms with Crippen LogP contribution < -0.4 is 11.1 Å². The van der Waals surface area contributed by atoms with E-state index in [-0.39, 0.29) is 12.4 Å². The second-order valence-corrected chi connectivity index (χ2v) is 0.874. The lowest BCUT2D eigenvalue weighted by Crippen LogP contribution is -2.01. The van der Waals surface area contributed by atoms with Gasteiger partial charge in [-0.15, -0.1) is 12.4 Å². The molecular weight excluding hydrogens is 126 g/mol. The van der Waals surface area contributed by atoms with Gasteiger partial charge in [0.05, 0.1) is 6.34 Å². The molecule has 0 aromatic carbocycles. The lowest BCUT2D eigenvalue weighted by Gasteiger charge is -1.76. The van der Waals surface area contributed by atoms with Crippen LogP contribution in [0.5, 0.6) is 0 Å². The van der Waals surface area contributed by atoms with Gasteiger partial charge in [0.2, 0.25) is 0 Å². The van der Waals surface area contributed by atoms with Gasteiger partial charge >= 0.3 is 0 Å². The molecule has 0 atom stereocenters. The quantitative estimate of drug-likeness (QED) is 0.359. The van der Waals surface area contributed by atoms with Gasteiger partial charge in [0.15, 0.2) is 0 Å². The number of rotatable bonds is 1. The van der Waals surface area contributed by atoms with Crippen LogP contribution in [0.3, 0.4) is 0 Å². The molecule has 3 nitrogen and oxygen atoms in total. The van der Waals surface area contributed by atoms with E-state index in [0.717, 1.165) is 12.9 Å². The van der Waals surface area contributed by atoms with Gasteiger partial charge in [0.1, 0.15) is 0 Å². The average molecular weight is 140 g/mol. The molecular formula is C4H14ClN3. The van der Waals surface area contributed by atoms with Crippen molar-refractivity contribution < 1.29 is 0 Å². The van der Waals surface area contributed by atoms with E-state index in [9.17, 15) is 0 Å².